The quantitative estimate of drug-likeness (QED) is 0.827. The predicted molar refractivity (Wildman–Crippen MR) is 87.3 cm³/mol. The molecule has 0 aliphatic heterocycles. The molecule has 0 aliphatic carbocycles. The summed E-state index contributed by atoms with van der Waals surface area (Å²) in [5.41, 5.74) is 2.02. The Labute approximate surface area is 127 Å². The summed E-state index contributed by atoms with van der Waals surface area (Å²) in [4.78, 5) is 15.8. The van der Waals surface area contributed by atoms with Crippen LogP contribution in [0.15, 0.2) is 53.7 Å². The normalized spacial score (nSPS) is 10.2. The number of anilines is 1. The van der Waals surface area contributed by atoms with Crippen LogP contribution < -0.4 is 5.32 Å². The Bertz CT molecular complexity index is 561. The van der Waals surface area contributed by atoms with E-state index in [0.29, 0.717) is 5.75 Å². The van der Waals surface area contributed by atoms with Crippen LogP contribution in [0.5, 0.6) is 0 Å². The molecule has 1 aromatic carbocycles. The molecule has 0 spiro atoms. The fourth-order valence-electron chi connectivity index (χ4n) is 1.66. The van der Waals surface area contributed by atoms with Crippen LogP contribution in [-0.4, -0.2) is 22.9 Å². The van der Waals surface area contributed by atoms with Gasteiger partial charge in [0.05, 0.1) is 10.8 Å². The molecule has 20 heavy (non-hydrogen) atoms. The first-order chi connectivity index (χ1) is 9.78. The molecule has 0 saturated heterocycles. The number of thioether (sulfide) groups is 2. The third kappa shape index (κ3) is 4.90. The maximum atomic E-state index is 11.6. The average Bonchev–Trinajstić information content (AvgIpc) is 2.47. The first kappa shape index (κ1) is 14.9. The standard InChI is InChI=1S/C15H16N2OS2/c1-19-11-14(18)17-13-6-4-5-12(9-13)10-20-15-7-2-3-8-16-15/h2-9H,10-11H2,1H3,(H,17,18). The van der Waals surface area contributed by atoms with Gasteiger partial charge in [-0.2, -0.15) is 11.8 Å². The van der Waals surface area contributed by atoms with Crippen molar-refractivity contribution in [2.45, 2.75) is 10.8 Å². The summed E-state index contributed by atoms with van der Waals surface area (Å²) in [6.45, 7) is 0. The summed E-state index contributed by atoms with van der Waals surface area (Å²) in [7, 11) is 0. The van der Waals surface area contributed by atoms with E-state index in [-0.39, 0.29) is 5.91 Å². The molecule has 1 amide bonds. The lowest BCUT2D eigenvalue weighted by molar-refractivity contribution is -0.113. The molecule has 0 radical (unpaired) electrons. The highest BCUT2D eigenvalue weighted by Crippen LogP contribution is 2.22. The number of rotatable bonds is 6. The van der Waals surface area contributed by atoms with Crippen LogP contribution in [0, 0.1) is 0 Å². The molecular weight excluding hydrogens is 288 g/mol. The lowest BCUT2D eigenvalue weighted by Gasteiger charge is -2.06. The molecule has 0 bridgehead atoms. The van der Waals surface area contributed by atoms with Crippen molar-refractivity contribution < 1.29 is 4.79 Å². The van der Waals surface area contributed by atoms with E-state index in [1.807, 2.05) is 42.7 Å². The van der Waals surface area contributed by atoms with Crippen LogP contribution in [0.3, 0.4) is 0 Å². The van der Waals surface area contributed by atoms with E-state index in [4.69, 9.17) is 0 Å². The minimum atomic E-state index is 0.0343. The van der Waals surface area contributed by atoms with Gasteiger partial charge in [-0.15, -0.1) is 11.8 Å². The SMILES string of the molecule is CSCC(=O)Nc1cccc(CSc2ccccn2)c1. The number of carbonyl (C=O) groups excluding carboxylic acids is 1. The summed E-state index contributed by atoms with van der Waals surface area (Å²) in [5, 5.41) is 3.90. The zero-order valence-electron chi connectivity index (χ0n) is 11.2. The van der Waals surface area contributed by atoms with Crippen molar-refractivity contribution in [2.75, 3.05) is 17.3 Å². The Hall–Kier alpha value is -1.46. The van der Waals surface area contributed by atoms with Crippen LogP contribution in [0.2, 0.25) is 0 Å². The van der Waals surface area contributed by atoms with Crippen LogP contribution in [0.4, 0.5) is 5.69 Å². The van der Waals surface area contributed by atoms with Crippen molar-refractivity contribution in [3.8, 4) is 0 Å². The zero-order valence-corrected chi connectivity index (χ0v) is 12.8. The number of pyridine rings is 1. The average molecular weight is 304 g/mol. The Kier molecular flexibility index (Phi) is 5.95. The van der Waals surface area contributed by atoms with E-state index in [1.165, 1.54) is 17.3 Å². The summed E-state index contributed by atoms with van der Waals surface area (Å²) < 4.78 is 0. The van der Waals surface area contributed by atoms with E-state index >= 15 is 0 Å². The molecule has 0 fully saturated rings. The monoisotopic (exact) mass is 304 g/mol. The van der Waals surface area contributed by atoms with Crippen LogP contribution >= 0.6 is 23.5 Å². The third-order valence-electron chi connectivity index (χ3n) is 2.51. The number of nitrogens with zero attached hydrogens (tertiary/aromatic N) is 1. The Morgan fingerprint density at radius 3 is 2.90 bits per heavy atom. The van der Waals surface area contributed by atoms with E-state index in [0.717, 1.165) is 16.5 Å². The zero-order chi connectivity index (χ0) is 14.2. The maximum Gasteiger partial charge on any atom is 0.234 e. The number of carbonyl (C=O) groups is 1. The Morgan fingerprint density at radius 1 is 1.25 bits per heavy atom. The van der Waals surface area contributed by atoms with Crippen molar-refractivity contribution >= 4 is 35.1 Å². The first-order valence-corrected chi connectivity index (χ1v) is 8.57. The molecule has 1 N–H and O–H groups in total. The lowest BCUT2D eigenvalue weighted by Crippen LogP contribution is -2.13. The molecule has 1 heterocycles. The Morgan fingerprint density at radius 2 is 2.15 bits per heavy atom. The molecular formula is C15H16N2OS2. The number of nitrogens with one attached hydrogen (secondary N) is 1. The van der Waals surface area contributed by atoms with Gasteiger partial charge in [-0.25, -0.2) is 4.98 Å². The molecule has 5 heteroatoms. The second-order valence-corrected chi connectivity index (χ2v) is 6.00. The van der Waals surface area contributed by atoms with Gasteiger partial charge in [0.25, 0.3) is 0 Å². The fourth-order valence-corrected chi connectivity index (χ4v) is 2.80. The summed E-state index contributed by atoms with van der Waals surface area (Å²) in [6.07, 6.45) is 3.71. The molecule has 104 valence electrons. The fraction of sp³-hybridized carbons (Fsp3) is 0.200. The van der Waals surface area contributed by atoms with Gasteiger partial charge >= 0.3 is 0 Å². The van der Waals surface area contributed by atoms with Gasteiger partial charge in [0.2, 0.25) is 5.91 Å². The van der Waals surface area contributed by atoms with Crippen LogP contribution in [-0.2, 0) is 10.5 Å². The second-order valence-electron chi connectivity index (χ2n) is 4.14. The molecule has 2 aromatic rings. The van der Waals surface area contributed by atoms with E-state index in [2.05, 4.69) is 16.4 Å². The van der Waals surface area contributed by atoms with Crippen molar-refractivity contribution in [2.24, 2.45) is 0 Å². The highest BCUT2D eigenvalue weighted by atomic mass is 32.2. The maximum absolute atomic E-state index is 11.6. The van der Waals surface area contributed by atoms with Crippen molar-refractivity contribution in [3.63, 3.8) is 0 Å². The van der Waals surface area contributed by atoms with Crippen molar-refractivity contribution in [1.82, 2.24) is 4.98 Å². The van der Waals surface area contributed by atoms with Gasteiger partial charge in [-0.1, -0.05) is 18.2 Å². The molecule has 1 aromatic heterocycles. The van der Waals surface area contributed by atoms with Gasteiger partial charge in [0.15, 0.2) is 0 Å². The van der Waals surface area contributed by atoms with Gasteiger partial charge in [0.1, 0.15) is 0 Å². The van der Waals surface area contributed by atoms with E-state index in [9.17, 15) is 4.79 Å². The molecule has 2 rings (SSSR count). The predicted octanol–water partition coefficient (Wildman–Crippen LogP) is 3.68. The number of amides is 1. The minimum absolute atomic E-state index is 0.0343. The smallest absolute Gasteiger partial charge is 0.234 e. The third-order valence-corrected chi connectivity index (χ3v) is 4.08. The largest absolute Gasteiger partial charge is 0.325 e. The van der Waals surface area contributed by atoms with Crippen LogP contribution in [0.25, 0.3) is 0 Å². The summed E-state index contributed by atoms with van der Waals surface area (Å²) in [5.74, 6) is 1.35. The molecule has 0 atom stereocenters. The number of aromatic nitrogens is 1. The number of hydrogen-bond donors (Lipinski definition) is 1. The highest BCUT2D eigenvalue weighted by molar-refractivity contribution is 7.99. The van der Waals surface area contributed by atoms with Gasteiger partial charge in [-0.3, -0.25) is 4.79 Å². The molecule has 3 nitrogen and oxygen atoms in total. The minimum Gasteiger partial charge on any atom is -0.325 e. The topological polar surface area (TPSA) is 42.0 Å². The highest BCUT2D eigenvalue weighted by Gasteiger charge is 2.02. The van der Waals surface area contributed by atoms with Crippen LogP contribution in [0.1, 0.15) is 5.56 Å². The molecule has 0 saturated carbocycles. The van der Waals surface area contributed by atoms with Crippen molar-refractivity contribution in [3.05, 3.63) is 54.2 Å². The number of benzene rings is 1. The Balaban J connectivity index is 1.94. The van der Waals surface area contributed by atoms with E-state index in [1.54, 1.807) is 18.0 Å². The molecule has 0 unspecified atom stereocenters. The number of hydrogen-bond acceptors (Lipinski definition) is 4. The van der Waals surface area contributed by atoms with Gasteiger partial charge in [-0.05, 0) is 36.1 Å². The first-order valence-electron chi connectivity index (χ1n) is 6.19. The van der Waals surface area contributed by atoms with Gasteiger partial charge < -0.3 is 5.32 Å². The second kappa shape index (κ2) is 7.97. The summed E-state index contributed by atoms with van der Waals surface area (Å²) in [6, 6.07) is 13.8. The van der Waals surface area contributed by atoms with Crippen molar-refractivity contribution in [1.29, 1.82) is 0 Å². The lowest BCUT2D eigenvalue weighted by atomic mass is 10.2. The van der Waals surface area contributed by atoms with Gasteiger partial charge in [0, 0.05) is 17.6 Å². The molecule has 0 aliphatic rings. The summed E-state index contributed by atoms with van der Waals surface area (Å²) >= 11 is 3.20. The van der Waals surface area contributed by atoms with E-state index < -0.39 is 0 Å².